The summed E-state index contributed by atoms with van der Waals surface area (Å²) in [6, 6.07) is 5.19. The molecule has 0 radical (unpaired) electrons. The van der Waals surface area contributed by atoms with Crippen molar-refractivity contribution < 1.29 is 17.7 Å². The van der Waals surface area contributed by atoms with Gasteiger partial charge in [-0.25, -0.2) is 13.4 Å². The molecule has 190 valence electrons. The zero-order valence-corrected chi connectivity index (χ0v) is 21.7. The number of carbonyl (C=O) groups excluding carboxylic acids is 1. The molecule has 1 N–H and O–H groups in total. The Hall–Kier alpha value is -2.46. The van der Waals surface area contributed by atoms with Crippen LogP contribution in [0.1, 0.15) is 74.5 Å². The normalized spacial score (nSPS) is 26.8. The van der Waals surface area contributed by atoms with Gasteiger partial charge in [-0.3, -0.25) is 9.69 Å². The lowest BCUT2D eigenvalue weighted by Gasteiger charge is -2.54. The second-order valence-corrected chi connectivity index (χ2v) is 13.1. The molecular weight excluding hydrogens is 466 g/mol. The van der Waals surface area contributed by atoms with E-state index in [1.165, 1.54) is 6.20 Å². The first-order valence-corrected chi connectivity index (χ1v) is 14.0. The Kier molecular flexibility index (Phi) is 6.15. The molecule has 4 heterocycles. The van der Waals surface area contributed by atoms with Crippen molar-refractivity contribution in [2.75, 3.05) is 25.5 Å². The van der Waals surface area contributed by atoms with E-state index in [1.54, 1.807) is 18.2 Å². The molecule has 1 amide bonds. The summed E-state index contributed by atoms with van der Waals surface area (Å²) in [6.07, 6.45) is 5.96. The number of anilines is 1. The highest BCUT2D eigenvalue weighted by molar-refractivity contribution is 7.92. The number of amides is 1. The van der Waals surface area contributed by atoms with E-state index in [2.05, 4.69) is 29.3 Å². The van der Waals surface area contributed by atoms with E-state index in [1.807, 2.05) is 23.9 Å². The summed E-state index contributed by atoms with van der Waals surface area (Å²) in [6.45, 7) is 5.11. The second-order valence-electron chi connectivity index (χ2n) is 10.9. The van der Waals surface area contributed by atoms with Crippen LogP contribution in [-0.4, -0.2) is 67.0 Å². The minimum absolute atomic E-state index is 0.0984. The lowest BCUT2D eigenvalue weighted by Crippen LogP contribution is -2.66. The third-order valence-electron chi connectivity index (χ3n) is 7.82. The number of nitrogens with zero attached hydrogens (tertiary/aromatic N) is 4. The van der Waals surface area contributed by atoms with Crippen LogP contribution < -0.4 is 10.2 Å². The maximum atomic E-state index is 13.8. The van der Waals surface area contributed by atoms with Gasteiger partial charge in [0.05, 0.1) is 4.90 Å². The number of hydrogen-bond donors (Lipinski definition) is 1. The zero-order valence-electron chi connectivity index (χ0n) is 20.9. The van der Waals surface area contributed by atoms with Crippen LogP contribution in [-0.2, 0) is 9.84 Å². The van der Waals surface area contributed by atoms with Gasteiger partial charge in [-0.1, -0.05) is 19.0 Å². The number of hydrogen-bond acceptors (Lipinski definition) is 8. The van der Waals surface area contributed by atoms with Crippen molar-refractivity contribution in [3.63, 3.8) is 0 Å². The third-order valence-corrected chi connectivity index (χ3v) is 10.3. The highest BCUT2D eigenvalue weighted by Crippen LogP contribution is 2.50. The van der Waals surface area contributed by atoms with Gasteiger partial charge in [0.15, 0.2) is 15.5 Å². The average Bonchev–Trinajstić information content (AvgIpc) is 3.61. The van der Waals surface area contributed by atoms with Gasteiger partial charge in [-0.2, -0.15) is 0 Å². The molecule has 4 fully saturated rings. The Bertz CT molecular complexity index is 1190. The quantitative estimate of drug-likeness (QED) is 0.587. The number of nitrogens with one attached hydrogen (secondary N) is 1. The molecule has 6 rings (SSSR count). The fourth-order valence-electron chi connectivity index (χ4n) is 5.63. The minimum Gasteiger partial charge on any atom is -0.360 e. The van der Waals surface area contributed by atoms with Crippen molar-refractivity contribution in [2.45, 2.75) is 80.1 Å². The molecule has 10 heteroatoms. The summed E-state index contributed by atoms with van der Waals surface area (Å²) in [5.74, 6) is 2.16. The van der Waals surface area contributed by atoms with Crippen LogP contribution >= 0.6 is 0 Å². The first kappa shape index (κ1) is 24.2. The van der Waals surface area contributed by atoms with Crippen LogP contribution in [0.25, 0.3) is 0 Å². The number of sulfone groups is 1. The smallest absolute Gasteiger partial charge is 0.273 e. The summed E-state index contributed by atoms with van der Waals surface area (Å²) in [5, 5.41) is 7.00. The summed E-state index contributed by atoms with van der Waals surface area (Å²) < 4.78 is 32.9. The molecule has 2 saturated heterocycles. The van der Waals surface area contributed by atoms with Gasteiger partial charge in [0.2, 0.25) is 0 Å². The monoisotopic (exact) mass is 501 g/mol. The van der Waals surface area contributed by atoms with Gasteiger partial charge in [0.25, 0.3) is 5.91 Å². The Balaban J connectivity index is 1.28. The van der Waals surface area contributed by atoms with Gasteiger partial charge >= 0.3 is 0 Å². The second kappa shape index (κ2) is 8.89. The molecule has 4 aliphatic rings. The van der Waals surface area contributed by atoms with Crippen molar-refractivity contribution in [3.05, 3.63) is 35.9 Å². The molecule has 3 atom stereocenters. The largest absolute Gasteiger partial charge is 0.360 e. The van der Waals surface area contributed by atoms with Crippen LogP contribution in [0.2, 0.25) is 0 Å². The standard InChI is InChI=1S/C25H35N5O4S/c1-16(2)15-29(3)23-8-7-20(14-26-23)35(32,33)25-10-9-18(11-19(13-25)30(25)4)27-24(31)21-12-22(34-28-21)17-5-6-17/h7-8,12,14,16-19H,5-6,9-11,13,15H2,1-4H3,(H,27,31). The molecule has 2 aliphatic carbocycles. The van der Waals surface area contributed by atoms with E-state index >= 15 is 0 Å². The molecule has 2 aromatic heterocycles. The third kappa shape index (κ3) is 4.35. The van der Waals surface area contributed by atoms with E-state index in [4.69, 9.17) is 4.52 Å². The Morgan fingerprint density at radius 2 is 2.09 bits per heavy atom. The molecule has 35 heavy (non-hydrogen) atoms. The van der Waals surface area contributed by atoms with E-state index in [0.29, 0.717) is 43.2 Å². The number of pyridine rings is 1. The van der Waals surface area contributed by atoms with Gasteiger partial charge in [-0.15, -0.1) is 0 Å². The van der Waals surface area contributed by atoms with Crippen LogP contribution in [0.4, 0.5) is 5.82 Å². The first-order valence-electron chi connectivity index (χ1n) is 12.5. The van der Waals surface area contributed by atoms with Crippen LogP contribution in [0, 0.1) is 5.92 Å². The molecule has 2 aliphatic heterocycles. The predicted molar refractivity (Wildman–Crippen MR) is 132 cm³/mol. The summed E-state index contributed by atoms with van der Waals surface area (Å²) in [4.78, 5) is 20.5. The van der Waals surface area contributed by atoms with Gasteiger partial charge in [0.1, 0.15) is 16.4 Å². The fraction of sp³-hybridized carbons (Fsp3) is 0.640. The number of carbonyl (C=O) groups is 1. The van der Waals surface area contributed by atoms with Gasteiger partial charge in [-0.05, 0) is 63.6 Å². The SMILES string of the molecule is CC(C)CN(C)c1ccc(S(=O)(=O)C23CCC(NC(=O)c4cc(C5CC5)on4)CC(C2)N3C)cn1. The summed E-state index contributed by atoms with van der Waals surface area (Å²) in [5.41, 5.74) is 0.299. The van der Waals surface area contributed by atoms with Crippen molar-refractivity contribution in [1.82, 2.24) is 20.4 Å². The maximum absolute atomic E-state index is 13.8. The minimum atomic E-state index is -3.63. The number of aromatic nitrogens is 2. The molecule has 2 saturated carbocycles. The lowest BCUT2D eigenvalue weighted by atomic mass is 9.91. The molecule has 9 nitrogen and oxygen atoms in total. The molecule has 2 bridgehead atoms. The van der Waals surface area contributed by atoms with Crippen molar-refractivity contribution >= 4 is 21.6 Å². The summed E-state index contributed by atoms with van der Waals surface area (Å²) >= 11 is 0. The summed E-state index contributed by atoms with van der Waals surface area (Å²) in [7, 11) is 0.214. The predicted octanol–water partition coefficient (Wildman–Crippen LogP) is 3.20. The Morgan fingerprint density at radius 1 is 1.31 bits per heavy atom. The molecule has 0 aromatic carbocycles. The van der Waals surface area contributed by atoms with Gasteiger partial charge < -0.3 is 14.7 Å². The van der Waals surface area contributed by atoms with E-state index in [-0.39, 0.29) is 22.9 Å². The Labute approximate surface area is 207 Å². The molecule has 3 unspecified atom stereocenters. The van der Waals surface area contributed by atoms with Gasteiger partial charge in [0, 0.05) is 43.9 Å². The van der Waals surface area contributed by atoms with Crippen molar-refractivity contribution in [1.29, 1.82) is 0 Å². The van der Waals surface area contributed by atoms with Crippen LogP contribution in [0.5, 0.6) is 0 Å². The van der Waals surface area contributed by atoms with Crippen molar-refractivity contribution in [3.8, 4) is 0 Å². The number of fused-ring (bicyclic) bond motifs is 3. The highest BCUT2D eigenvalue weighted by Gasteiger charge is 2.60. The zero-order chi connectivity index (χ0) is 25.0. The van der Waals surface area contributed by atoms with Crippen LogP contribution in [0.3, 0.4) is 0 Å². The fourth-order valence-corrected chi connectivity index (χ4v) is 7.84. The number of rotatable bonds is 8. The Morgan fingerprint density at radius 3 is 2.71 bits per heavy atom. The molecular formula is C25H35N5O4S. The first-order chi connectivity index (χ1) is 16.6. The van der Waals surface area contributed by atoms with E-state index in [9.17, 15) is 13.2 Å². The molecule has 2 aromatic rings. The van der Waals surface area contributed by atoms with Crippen LogP contribution in [0.15, 0.2) is 33.8 Å². The van der Waals surface area contributed by atoms with E-state index < -0.39 is 14.7 Å². The maximum Gasteiger partial charge on any atom is 0.273 e. The highest BCUT2D eigenvalue weighted by atomic mass is 32.2. The van der Waals surface area contributed by atoms with E-state index in [0.717, 1.165) is 31.0 Å². The molecule has 0 spiro atoms. The lowest BCUT2D eigenvalue weighted by molar-refractivity contribution is 0.0128. The van der Waals surface area contributed by atoms with Crippen molar-refractivity contribution in [2.24, 2.45) is 5.92 Å². The topological polar surface area (TPSA) is 109 Å². The average molecular weight is 502 g/mol.